The summed E-state index contributed by atoms with van der Waals surface area (Å²) < 4.78 is 27.2. The molecule has 23 heavy (non-hydrogen) atoms. The van der Waals surface area contributed by atoms with Crippen LogP contribution in [0.25, 0.3) is 0 Å². The minimum atomic E-state index is -3.72. The van der Waals surface area contributed by atoms with Gasteiger partial charge >= 0.3 is 0 Å². The van der Waals surface area contributed by atoms with E-state index >= 15 is 0 Å². The molecule has 1 unspecified atom stereocenters. The maximum absolute atomic E-state index is 12.3. The van der Waals surface area contributed by atoms with E-state index in [1.807, 2.05) is 35.8 Å². The molecule has 1 aromatic heterocycles. The van der Waals surface area contributed by atoms with E-state index in [2.05, 4.69) is 4.72 Å². The Balaban J connectivity index is 2.12. The van der Waals surface area contributed by atoms with Gasteiger partial charge in [0.15, 0.2) is 0 Å². The third-order valence-corrected chi connectivity index (χ3v) is 5.52. The molecule has 0 aliphatic heterocycles. The number of nitrogens with one attached hydrogen (secondary N) is 1. The highest BCUT2D eigenvalue weighted by Gasteiger charge is 2.20. The molecule has 1 N–H and O–H groups in total. The van der Waals surface area contributed by atoms with Gasteiger partial charge in [0.25, 0.3) is 5.69 Å². The Kier molecular flexibility index (Phi) is 5.47. The van der Waals surface area contributed by atoms with Gasteiger partial charge in [0, 0.05) is 24.7 Å². The quantitative estimate of drug-likeness (QED) is 0.607. The average molecular weight is 355 g/mol. The van der Waals surface area contributed by atoms with Crippen LogP contribution in [0.15, 0.2) is 46.0 Å². The van der Waals surface area contributed by atoms with Gasteiger partial charge in [-0.1, -0.05) is 0 Å². The Morgan fingerprint density at radius 2 is 1.91 bits per heavy atom. The van der Waals surface area contributed by atoms with Gasteiger partial charge in [-0.25, -0.2) is 13.1 Å². The molecule has 2 aromatic rings. The van der Waals surface area contributed by atoms with Crippen molar-refractivity contribution in [2.24, 2.45) is 0 Å². The van der Waals surface area contributed by atoms with Crippen molar-refractivity contribution in [3.63, 3.8) is 0 Å². The fourth-order valence-electron chi connectivity index (χ4n) is 2.08. The summed E-state index contributed by atoms with van der Waals surface area (Å²) in [5.74, 6) is 0. The smallest absolute Gasteiger partial charge is 0.269 e. The van der Waals surface area contributed by atoms with Crippen molar-refractivity contribution >= 4 is 27.0 Å². The van der Waals surface area contributed by atoms with Gasteiger partial charge in [-0.05, 0) is 48.6 Å². The average Bonchev–Trinajstić information content (AvgIpc) is 3.01. The van der Waals surface area contributed by atoms with Crippen molar-refractivity contribution in [2.75, 3.05) is 20.6 Å². The van der Waals surface area contributed by atoms with Gasteiger partial charge in [0.2, 0.25) is 10.0 Å². The zero-order valence-corrected chi connectivity index (χ0v) is 14.3. The molecular weight excluding hydrogens is 338 g/mol. The molecule has 0 fully saturated rings. The SMILES string of the molecule is CN(C)C(CNS(=O)(=O)c1ccc([N+](=O)[O-])cc1)c1ccsc1. The van der Waals surface area contributed by atoms with E-state index in [1.54, 1.807) is 11.3 Å². The molecule has 1 heterocycles. The number of rotatable bonds is 7. The number of thiophene rings is 1. The van der Waals surface area contributed by atoms with Gasteiger partial charge in [-0.3, -0.25) is 10.1 Å². The van der Waals surface area contributed by atoms with Crippen molar-refractivity contribution in [1.82, 2.24) is 9.62 Å². The van der Waals surface area contributed by atoms with E-state index in [-0.39, 0.29) is 23.2 Å². The van der Waals surface area contributed by atoms with Crippen LogP contribution in [0.2, 0.25) is 0 Å². The number of benzene rings is 1. The lowest BCUT2D eigenvalue weighted by molar-refractivity contribution is -0.384. The van der Waals surface area contributed by atoms with Crippen molar-refractivity contribution in [1.29, 1.82) is 0 Å². The number of non-ortho nitro benzene ring substituents is 1. The normalized spacial score (nSPS) is 13.2. The van der Waals surface area contributed by atoms with Gasteiger partial charge in [-0.15, -0.1) is 0 Å². The zero-order chi connectivity index (χ0) is 17.0. The first-order chi connectivity index (χ1) is 10.8. The molecule has 0 radical (unpaired) electrons. The predicted octanol–water partition coefficient (Wildman–Crippen LogP) is 2.24. The first-order valence-electron chi connectivity index (χ1n) is 6.74. The minimum absolute atomic E-state index is 0.00549. The number of nitrogens with zero attached hydrogens (tertiary/aromatic N) is 2. The van der Waals surface area contributed by atoms with Crippen LogP contribution in [-0.4, -0.2) is 38.9 Å². The lowest BCUT2D eigenvalue weighted by Gasteiger charge is -2.23. The van der Waals surface area contributed by atoms with Crippen LogP contribution in [0, 0.1) is 10.1 Å². The summed E-state index contributed by atoms with van der Waals surface area (Å²) in [6.07, 6.45) is 0. The monoisotopic (exact) mass is 355 g/mol. The molecule has 7 nitrogen and oxygen atoms in total. The molecule has 124 valence electrons. The Hall–Kier alpha value is -1.81. The zero-order valence-electron chi connectivity index (χ0n) is 12.7. The van der Waals surface area contributed by atoms with Crippen LogP contribution in [-0.2, 0) is 10.0 Å². The summed E-state index contributed by atoms with van der Waals surface area (Å²) in [7, 11) is 0.0367. The van der Waals surface area contributed by atoms with Crippen LogP contribution < -0.4 is 4.72 Å². The van der Waals surface area contributed by atoms with Gasteiger partial charge in [-0.2, -0.15) is 11.3 Å². The fourth-order valence-corrected chi connectivity index (χ4v) is 3.83. The summed E-state index contributed by atoms with van der Waals surface area (Å²) in [6, 6.07) is 6.68. The lowest BCUT2D eigenvalue weighted by atomic mass is 10.1. The first-order valence-corrected chi connectivity index (χ1v) is 9.16. The van der Waals surface area contributed by atoms with Crippen molar-refractivity contribution < 1.29 is 13.3 Å². The molecule has 0 bridgehead atoms. The molecule has 0 amide bonds. The number of sulfonamides is 1. The summed E-state index contributed by atoms with van der Waals surface area (Å²) in [5, 5.41) is 14.5. The predicted molar refractivity (Wildman–Crippen MR) is 89.0 cm³/mol. The van der Waals surface area contributed by atoms with Crippen LogP contribution in [0.5, 0.6) is 0 Å². The van der Waals surface area contributed by atoms with E-state index in [1.165, 1.54) is 24.3 Å². The third-order valence-electron chi connectivity index (χ3n) is 3.38. The number of nitro groups is 1. The summed E-state index contributed by atoms with van der Waals surface area (Å²) in [6.45, 7) is 0.211. The second kappa shape index (κ2) is 7.18. The second-order valence-electron chi connectivity index (χ2n) is 5.14. The lowest BCUT2D eigenvalue weighted by Crippen LogP contribution is -2.34. The Morgan fingerprint density at radius 3 is 2.39 bits per heavy atom. The van der Waals surface area contributed by atoms with Gasteiger partial charge in [0.05, 0.1) is 9.82 Å². The van der Waals surface area contributed by atoms with Crippen LogP contribution in [0.4, 0.5) is 5.69 Å². The van der Waals surface area contributed by atoms with E-state index in [4.69, 9.17) is 0 Å². The molecule has 0 saturated heterocycles. The highest BCUT2D eigenvalue weighted by molar-refractivity contribution is 7.89. The number of hydrogen-bond acceptors (Lipinski definition) is 6. The first kappa shape index (κ1) is 17.5. The van der Waals surface area contributed by atoms with Crippen molar-refractivity contribution in [2.45, 2.75) is 10.9 Å². The fraction of sp³-hybridized carbons (Fsp3) is 0.286. The Morgan fingerprint density at radius 1 is 1.26 bits per heavy atom. The van der Waals surface area contributed by atoms with Crippen molar-refractivity contribution in [3.05, 3.63) is 56.8 Å². The van der Waals surface area contributed by atoms with E-state index < -0.39 is 14.9 Å². The van der Waals surface area contributed by atoms with Crippen LogP contribution in [0.1, 0.15) is 11.6 Å². The van der Waals surface area contributed by atoms with E-state index in [0.29, 0.717) is 0 Å². The minimum Gasteiger partial charge on any atom is -0.301 e. The van der Waals surface area contributed by atoms with Crippen LogP contribution in [0.3, 0.4) is 0 Å². The molecule has 9 heteroatoms. The molecule has 0 saturated carbocycles. The molecular formula is C14H17N3O4S2. The Bertz CT molecular complexity index is 756. The van der Waals surface area contributed by atoms with Gasteiger partial charge in [0.1, 0.15) is 0 Å². The number of nitro benzene ring substituents is 1. The molecule has 0 aliphatic carbocycles. The maximum Gasteiger partial charge on any atom is 0.269 e. The maximum atomic E-state index is 12.3. The number of hydrogen-bond donors (Lipinski definition) is 1. The second-order valence-corrected chi connectivity index (χ2v) is 7.69. The summed E-state index contributed by atoms with van der Waals surface area (Å²) in [5.41, 5.74) is 0.889. The van der Waals surface area contributed by atoms with E-state index in [9.17, 15) is 18.5 Å². The largest absolute Gasteiger partial charge is 0.301 e. The molecule has 0 spiro atoms. The Labute approximate surface area is 138 Å². The summed E-state index contributed by atoms with van der Waals surface area (Å²) >= 11 is 1.55. The van der Waals surface area contributed by atoms with Crippen LogP contribution >= 0.6 is 11.3 Å². The molecule has 2 rings (SSSR count). The van der Waals surface area contributed by atoms with Gasteiger partial charge < -0.3 is 4.90 Å². The topological polar surface area (TPSA) is 92.6 Å². The molecule has 1 aromatic carbocycles. The highest BCUT2D eigenvalue weighted by Crippen LogP contribution is 2.21. The summed E-state index contributed by atoms with van der Waals surface area (Å²) in [4.78, 5) is 12.0. The van der Waals surface area contributed by atoms with E-state index in [0.717, 1.165) is 5.56 Å². The molecule has 1 atom stereocenters. The number of likely N-dealkylation sites (N-methyl/N-ethyl adjacent to an activating group) is 1. The third kappa shape index (κ3) is 4.35. The van der Waals surface area contributed by atoms with Crippen molar-refractivity contribution in [3.8, 4) is 0 Å². The highest BCUT2D eigenvalue weighted by atomic mass is 32.2. The standard InChI is InChI=1S/C14H17N3O4S2/c1-16(2)14(11-7-8-22-10-11)9-15-23(20,21)13-5-3-12(4-6-13)17(18)19/h3-8,10,14-15H,9H2,1-2H3. The molecule has 0 aliphatic rings.